The molecule has 0 spiro atoms. The second-order valence-corrected chi connectivity index (χ2v) is 14.6. The lowest BCUT2D eigenvalue weighted by atomic mass is 9.54. The number of likely N-dealkylation sites (tertiary alicyclic amines) is 1. The number of aromatic hydroxyl groups is 1. The molecule has 3 aliphatic carbocycles. The first kappa shape index (κ1) is 29.6. The van der Waals surface area contributed by atoms with Crippen LogP contribution in [0.5, 0.6) is 5.75 Å². The SMILES string of the molecule is COC(=O)[C@H]1CC[C@@H](N2CCC(c3cnc(C45CC6CC4C(CN(c4cc(-c7ccccc7O)nnc4N)C6)C5)nc3)CC2)CC1. The summed E-state index contributed by atoms with van der Waals surface area (Å²) in [4.78, 5) is 27.1. The molecule has 1 aromatic carbocycles. The van der Waals surface area contributed by atoms with Gasteiger partial charge in [0.15, 0.2) is 5.82 Å². The number of hydrogen-bond acceptors (Lipinski definition) is 10. The molecule has 0 radical (unpaired) electrons. The maximum Gasteiger partial charge on any atom is 0.308 e. The number of rotatable bonds is 6. The number of piperidine rings is 1. The third-order valence-electron chi connectivity index (χ3n) is 12.3. The number of nitrogens with zero attached hydrogens (tertiary/aromatic N) is 6. The van der Waals surface area contributed by atoms with Gasteiger partial charge in [0.1, 0.15) is 11.6 Å². The Morgan fingerprint density at radius 3 is 2.50 bits per heavy atom. The number of carbonyl (C=O) groups excluding carboxylic acids is 1. The van der Waals surface area contributed by atoms with Crippen molar-refractivity contribution in [3.8, 4) is 17.0 Å². The number of nitrogens with two attached hydrogens (primary N) is 1. The fourth-order valence-corrected chi connectivity index (χ4v) is 9.92. The minimum absolute atomic E-state index is 0.0379. The minimum atomic E-state index is -0.0379. The Morgan fingerprint density at radius 1 is 1.00 bits per heavy atom. The summed E-state index contributed by atoms with van der Waals surface area (Å²) < 4.78 is 4.97. The highest BCUT2D eigenvalue weighted by molar-refractivity contribution is 5.74. The van der Waals surface area contributed by atoms with Gasteiger partial charge in [-0.2, -0.15) is 0 Å². The molecule has 2 bridgehead atoms. The van der Waals surface area contributed by atoms with E-state index in [0.29, 0.717) is 46.8 Å². The summed E-state index contributed by atoms with van der Waals surface area (Å²) in [6, 6.07) is 9.82. The van der Waals surface area contributed by atoms with Gasteiger partial charge in [0.2, 0.25) is 0 Å². The third kappa shape index (κ3) is 5.09. The van der Waals surface area contributed by atoms with Crippen LogP contribution in [0, 0.1) is 23.7 Å². The molecule has 46 heavy (non-hydrogen) atoms. The van der Waals surface area contributed by atoms with Crippen molar-refractivity contribution in [2.45, 2.75) is 75.2 Å². The molecule has 10 nitrogen and oxygen atoms in total. The van der Waals surface area contributed by atoms with Crippen LogP contribution in [0.15, 0.2) is 42.7 Å². The van der Waals surface area contributed by atoms with E-state index in [1.165, 1.54) is 19.1 Å². The van der Waals surface area contributed by atoms with Crippen LogP contribution in [0.4, 0.5) is 11.5 Å². The number of esters is 1. The van der Waals surface area contributed by atoms with Gasteiger partial charge >= 0.3 is 5.97 Å². The van der Waals surface area contributed by atoms with Crippen LogP contribution < -0.4 is 10.6 Å². The third-order valence-corrected chi connectivity index (χ3v) is 12.3. The summed E-state index contributed by atoms with van der Waals surface area (Å²) in [6.07, 6.45) is 14.1. The van der Waals surface area contributed by atoms with Gasteiger partial charge in [-0.1, -0.05) is 12.1 Å². The van der Waals surface area contributed by atoms with E-state index in [0.717, 1.165) is 89.1 Å². The summed E-state index contributed by atoms with van der Waals surface area (Å²) in [6.45, 7) is 4.10. The highest BCUT2D eigenvalue weighted by Crippen LogP contribution is 2.64. The van der Waals surface area contributed by atoms with Crippen molar-refractivity contribution in [3.63, 3.8) is 0 Å². The Kier molecular flexibility index (Phi) is 7.58. The fraction of sp³-hybridized carbons (Fsp3) is 0.583. The van der Waals surface area contributed by atoms with Gasteiger partial charge in [-0.15, -0.1) is 10.2 Å². The monoisotopic (exact) mass is 623 g/mol. The van der Waals surface area contributed by atoms with Gasteiger partial charge < -0.3 is 25.4 Å². The van der Waals surface area contributed by atoms with Gasteiger partial charge in [0, 0.05) is 42.5 Å². The molecule has 8 rings (SSSR count). The summed E-state index contributed by atoms with van der Waals surface area (Å²) >= 11 is 0. The van der Waals surface area contributed by atoms with E-state index < -0.39 is 0 Å². The van der Waals surface area contributed by atoms with E-state index in [1.807, 2.05) is 24.3 Å². The smallest absolute Gasteiger partial charge is 0.308 e. The number of fused-ring (bicyclic) bond motifs is 1. The van der Waals surface area contributed by atoms with Crippen molar-refractivity contribution >= 4 is 17.5 Å². The van der Waals surface area contributed by atoms with E-state index in [9.17, 15) is 9.90 Å². The van der Waals surface area contributed by atoms with Crippen LogP contribution in [0.25, 0.3) is 11.3 Å². The molecule has 3 saturated carbocycles. The zero-order valence-electron chi connectivity index (χ0n) is 26.7. The molecule has 10 heteroatoms. The van der Waals surface area contributed by atoms with Crippen LogP contribution in [0.2, 0.25) is 0 Å². The van der Waals surface area contributed by atoms with Crippen molar-refractivity contribution < 1.29 is 14.6 Å². The van der Waals surface area contributed by atoms with E-state index in [2.05, 4.69) is 32.4 Å². The number of nitrogen functional groups attached to an aromatic ring is 1. The number of methoxy groups -OCH3 is 1. The quantitative estimate of drug-likeness (QED) is 0.364. The molecular formula is C36H45N7O3. The molecule has 4 heterocycles. The Morgan fingerprint density at radius 2 is 1.76 bits per heavy atom. The largest absolute Gasteiger partial charge is 0.507 e. The zero-order valence-corrected chi connectivity index (χ0v) is 26.7. The lowest BCUT2D eigenvalue weighted by Gasteiger charge is -2.52. The molecule has 3 N–H and O–H groups in total. The first-order chi connectivity index (χ1) is 22.4. The van der Waals surface area contributed by atoms with Crippen LogP contribution in [0.1, 0.15) is 75.1 Å². The molecule has 242 valence electrons. The van der Waals surface area contributed by atoms with Gasteiger partial charge in [0.25, 0.3) is 0 Å². The van der Waals surface area contributed by atoms with Crippen molar-refractivity contribution in [3.05, 3.63) is 54.1 Å². The van der Waals surface area contributed by atoms with Gasteiger partial charge in [-0.3, -0.25) is 4.79 Å². The molecule has 5 aliphatic rings. The van der Waals surface area contributed by atoms with Crippen molar-refractivity contribution in [2.24, 2.45) is 23.7 Å². The van der Waals surface area contributed by atoms with Crippen LogP contribution in [-0.2, 0) is 14.9 Å². The Balaban J connectivity index is 0.899. The molecule has 2 aromatic heterocycles. The van der Waals surface area contributed by atoms with E-state index in [4.69, 9.17) is 20.4 Å². The number of anilines is 2. The molecule has 0 amide bonds. The summed E-state index contributed by atoms with van der Waals surface area (Å²) in [5.74, 6) is 3.98. The number of phenols is 1. The minimum Gasteiger partial charge on any atom is -0.507 e. The van der Waals surface area contributed by atoms with Crippen LogP contribution in [-0.4, -0.2) is 75.5 Å². The highest BCUT2D eigenvalue weighted by Gasteiger charge is 2.63. The fourth-order valence-electron chi connectivity index (χ4n) is 9.92. The molecule has 4 unspecified atom stereocenters. The topological polar surface area (TPSA) is 131 Å². The number of para-hydroxylation sites is 1. The summed E-state index contributed by atoms with van der Waals surface area (Å²) in [5, 5.41) is 19.0. The summed E-state index contributed by atoms with van der Waals surface area (Å²) in [7, 11) is 1.50. The van der Waals surface area contributed by atoms with Crippen molar-refractivity contribution in [1.82, 2.24) is 25.1 Å². The predicted octanol–water partition coefficient (Wildman–Crippen LogP) is 4.94. The zero-order chi connectivity index (χ0) is 31.4. The maximum atomic E-state index is 11.9. The van der Waals surface area contributed by atoms with Crippen molar-refractivity contribution in [2.75, 3.05) is 43.9 Å². The maximum absolute atomic E-state index is 11.9. The number of hydrogen-bond donors (Lipinski definition) is 2. The standard InChI is InChI=1S/C36H45N7O3/c1-46-34(45)24-6-8-27(9-7-24)42-12-10-23(11-13-42)26-18-38-35(39-19-26)36-16-22-14-29(36)25(17-36)21-43(20-22)31-15-30(40-41-33(31)37)28-4-2-3-5-32(28)44/h2-5,15,18-19,22-25,27,29,44H,6-14,16-17,20-21H2,1H3,(H2,37,41)/t22?,24-,25?,27+,29?,36?. The van der Waals surface area contributed by atoms with E-state index in [1.54, 1.807) is 6.07 Å². The Hall–Kier alpha value is -3.79. The lowest BCUT2D eigenvalue weighted by molar-refractivity contribution is -0.147. The number of aromatic nitrogens is 4. The first-order valence-corrected chi connectivity index (χ1v) is 17.2. The number of ether oxygens (including phenoxy) is 1. The van der Waals surface area contributed by atoms with E-state index in [-0.39, 0.29) is 23.1 Å². The first-order valence-electron chi connectivity index (χ1n) is 17.2. The average molecular weight is 624 g/mol. The van der Waals surface area contributed by atoms with Crippen molar-refractivity contribution in [1.29, 1.82) is 0 Å². The predicted molar refractivity (Wildman–Crippen MR) is 175 cm³/mol. The molecular weight excluding hydrogens is 578 g/mol. The van der Waals surface area contributed by atoms with Gasteiger partial charge in [-0.05, 0) is 118 Å². The Bertz CT molecular complexity index is 1580. The highest BCUT2D eigenvalue weighted by atomic mass is 16.5. The molecule has 4 atom stereocenters. The molecule has 2 saturated heterocycles. The van der Waals surface area contributed by atoms with Gasteiger partial charge in [-0.25, -0.2) is 9.97 Å². The lowest BCUT2D eigenvalue weighted by Crippen LogP contribution is -2.54. The number of carbonyl (C=O) groups is 1. The molecule has 3 aromatic rings. The van der Waals surface area contributed by atoms with Gasteiger partial charge in [0.05, 0.1) is 24.4 Å². The molecule has 5 fully saturated rings. The summed E-state index contributed by atoms with van der Waals surface area (Å²) in [5.41, 5.74) is 10.0. The van der Waals surface area contributed by atoms with Crippen LogP contribution >= 0.6 is 0 Å². The second kappa shape index (κ2) is 11.8. The van der Waals surface area contributed by atoms with E-state index >= 15 is 0 Å². The number of phenolic OH excluding ortho intramolecular Hbond substituents is 1. The average Bonchev–Trinajstić information content (AvgIpc) is 3.28. The molecule has 2 aliphatic heterocycles. The normalized spacial score (nSPS) is 31.2. The number of benzene rings is 1. The van der Waals surface area contributed by atoms with Crippen LogP contribution in [0.3, 0.4) is 0 Å². The second-order valence-electron chi connectivity index (χ2n) is 14.6. The Labute approximate surface area is 270 Å².